The second-order valence-electron chi connectivity index (χ2n) is 4.74. The molecule has 20 heavy (non-hydrogen) atoms. The Morgan fingerprint density at radius 2 is 2.15 bits per heavy atom. The zero-order valence-corrected chi connectivity index (χ0v) is 12.3. The van der Waals surface area contributed by atoms with E-state index < -0.39 is 0 Å². The van der Waals surface area contributed by atoms with Crippen LogP contribution in [0.15, 0.2) is 24.3 Å². The Labute approximate surface area is 123 Å². The zero-order valence-electron chi connectivity index (χ0n) is 11.6. The van der Waals surface area contributed by atoms with E-state index in [0.29, 0.717) is 10.7 Å². The molecule has 0 aliphatic heterocycles. The van der Waals surface area contributed by atoms with Crippen LogP contribution in [-0.2, 0) is 6.54 Å². The fraction of sp³-hybridized carbons (Fsp3) is 0.400. The number of aromatic nitrogens is 3. The second kappa shape index (κ2) is 7.20. The van der Waals surface area contributed by atoms with Gasteiger partial charge in [0.05, 0.1) is 5.69 Å². The van der Waals surface area contributed by atoms with Crippen molar-refractivity contribution in [2.75, 3.05) is 0 Å². The van der Waals surface area contributed by atoms with Gasteiger partial charge in [0.2, 0.25) is 0 Å². The normalized spacial score (nSPS) is 10.7. The van der Waals surface area contributed by atoms with Gasteiger partial charge in [0.1, 0.15) is 0 Å². The minimum Gasteiger partial charge on any atom is -0.296 e. The minimum absolute atomic E-state index is 0.364. The molecule has 106 valence electrons. The van der Waals surface area contributed by atoms with E-state index in [0.717, 1.165) is 36.9 Å². The Morgan fingerprint density at radius 3 is 2.85 bits per heavy atom. The van der Waals surface area contributed by atoms with Gasteiger partial charge in [0.15, 0.2) is 12.0 Å². The summed E-state index contributed by atoms with van der Waals surface area (Å²) in [6.07, 6.45) is 5.33. The Balaban J connectivity index is 2.25. The van der Waals surface area contributed by atoms with Crippen LogP contribution in [0.2, 0.25) is 5.02 Å². The van der Waals surface area contributed by atoms with Crippen LogP contribution in [0.4, 0.5) is 0 Å². The third kappa shape index (κ3) is 3.45. The number of carbonyl (C=O) groups is 1. The first-order valence-corrected chi connectivity index (χ1v) is 7.28. The van der Waals surface area contributed by atoms with Crippen LogP contribution in [0.1, 0.15) is 43.1 Å². The number of halogens is 1. The highest BCUT2D eigenvalue weighted by Gasteiger charge is 2.14. The molecule has 1 heterocycles. The maximum atomic E-state index is 11.1. The second-order valence-corrected chi connectivity index (χ2v) is 5.17. The maximum Gasteiger partial charge on any atom is 0.172 e. The first-order chi connectivity index (χ1) is 9.76. The van der Waals surface area contributed by atoms with Crippen molar-refractivity contribution in [3.63, 3.8) is 0 Å². The third-order valence-corrected chi connectivity index (χ3v) is 3.43. The van der Waals surface area contributed by atoms with Gasteiger partial charge in [-0.1, -0.05) is 55.1 Å². The van der Waals surface area contributed by atoms with Crippen molar-refractivity contribution in [1.82, 2.24) is 15.0 Å². The molecular formula is C15H18ClN3O. The van der Waals surface area contributed by atoms with Crippen LogP contribution in [-0.4, -0.2) is 21.3 Å². The number of rotatable bonds is 7. The summed E-state index contributed by atoms with van der Waals surface area (Å²) in [7, 11) is 0. The predicted octanol–water partition coefficient (Wildman–Crippen LogP) is 3.99. The van der Waals surface area contributed by atoms with Gasteiger partial charge >= 0.3 is 0 Å². The summed E-state index contributed by atoms with van der Waals surface area (Å²) in [6, 6.07) is 7.41. The molecule has 0 amide bonds. The summed E-state index contributed by atoms with van der Waals surface area (Å²) >= 11 is 6.02. The van der Waals surface area contributed by atoms with E-state index in [2.05, 4.69) is 17.2 Å². The smallest absolute Gasteiger partial charge is 0.172 e. The molecule has 0 saturated carbocycles. The lowest BCUT2D eigenvalue weighted by molar-refractivity contribution is 0.111. The summed E-state index contributed by atoms with van der Waals surface area (Å²) in [4.78, 5) is 11.1. The SMILES string of the molecule is CCCCCCn1nnc(C=O)c1-c1cccc(Cl)c1. The molecule has 2 aromatic rings. The van der Waals surface area contributed by atoms with Gasteiger partial charge in [-0.15, -0.1) is 5.10 Å². The van der Waals surface area contributed by atoms with Crippen molar-refractivity contribution >= 4 is 17.9 Å². The van der Waals surface area contributed by atoms with Gasteiger partial charge < -0.3 is 0 Å². The van der Waals surface area contributed by atoms with Crippen LogP contribution in [0, 0.1) is 0 Å². The van der Waals surface area contributed by atoms with Crippen molar-refractivity contribution in [3.8, 4) is 11.3 Å². The lowest BCUT2D eigenvalue weighted by Gasteiger charge is -2.07. The largest absolute Gasteiger partial charge is 0.296 e. The molecule has 0 saturated heterocycles. The molecule has 0 unspecified atom stereocenters. The maximum absolute atomic E-state index is 11.1. The van der Waals surface area contributed by atoms with Gasteiger partial charge in [-0.3, -0.25) is 4.79 Å². The molecule has 0 bridgehead atoms. The van der Waals surface area contributed by atoms with E-state index in [4.69, 9.17) is 11.6 Å². The highest BCUT2D eigenvalue weighted by atomic mass is 35.5. The predicted molar refractivity (Wildman–Crippen MR) is 80.0 cm³/mol. The Hall–Kier alpha value is -1.68. The third-order valence-electron chi connectivity index (χ3n) is 3.19. The van der Waals surface area contributed by atoms with Crippen molar-refractivity contribution in [2.24, 2.45) is 0 Å². The Kier molecular flexibility index (Phi) is 5.30. The molecule has 0 radical (unpaired) electrons. The number of nitrogens with zero attached hydrogens (tertiary/aromatic N) is 3. The number of aldehydes is 1. The average molecular weight is 292 g/mol. The van der Waals surface area contributed by atoms with Crippen molar-refractivity contribution in [3.05, 3.63) is 35.0 Å². The fourth-order valence-corrected chi connectivity index (χ4v) is 2.37. The van der Waals surface area contributed by atoms with E-state index in [9.17, 15) is 4.79 Å². The van der Waals surface area contributed by atoms with Crippen LogP contribution in [0.25, 0.3) is 11.3 Å². The molecule has 0 spiro atoms. The van der Waals surface area contributed by atoms with Crippen LogP contribution in [0.5, 0.6) is 0 Å². The number of unbranched alkanes of at least 4 members (excludes halogenated alkanes) is 3. The van der Waals surface area contributed by atoms with E-state index >= 15 is 0 Å². The van der Waals surface area contributed by atoms with Crippen LogP contribution >= 0.6 is 11.6 Å². The molecule has 5 heteroatoms. The van der Waals surface area contributed by atoms with Gasteiger partial charge in [-0.05, 0) is 18.6 Å². The van der Waals surface area contributed by atoms with E-state index in [1.54, 1.807) is 10.7 Å². The van der Waals surface area contributed by atoms with Crippen molar-refractivity contribution < 1.29 is 4.79 Å². The van der Waals surface area contributed by atoms with Crippen molar-refractivity contribution in [2.45, 2.75) is 39.2 Å². The standard InChI is InChI=1S/C15H18ClN3O/c1-2-3-4-5-9-19-15(14(11-20)17-18-19)12-7-6-8-13(16)10-12/h6-8,10-11H,2-5,9H2,1H3. The van der Waals surface area contributed by atoms with Crippen LogP contribution in [0.3, 0.4) is 0 Å². The molecule has 0 N–H and O–H groups in total. The molecular weight excluding hydrogens is 274 g/mol. The summed E-state index contributed by atoms with van der Waals surface area (Å²) < 4.78 is 1.80. The molecule has 0 aliphatic carbocycles. The number of benzene rings is 1. The summed E-state index contributed by atoms with van der Waals surface area (Å²) in [5.74, 6) is 0. The molecule has 1 aromatic heterocycles. The molecule has 0 atom stereocenters. The minimum atomic E-state index is 0.364. The molecule has 1 aromatic carbocycles. The first-order valence-electron chi connectivity index (χ1n) is 6.91. The van der Waals surface area contributed by atoms with Gasteiger partial charge in [-0.25, -0.2) is 4.68 Å². The summed E-state index contributed by atoms with van der Waals surface area (Å²) in [6.45, 7) is 2.94. The number of hydrogen-bond acceptors (Lipinski definition) is 3. The zero-order chi connectivity index (χ0) is 14.4. The number of hydrogen-bond donors (Lipinski definition) is 0. The van der Waals surface area contributed by atoms with Crippen LogP contribution < -0.4 is 0 Å². The molecule has 2 rings (SSSR count). The van der Waals surface area contributed by atoms with Gasteiger partial charge in [0.25, 0.3) is 0 Å². The topological polar surface area (TPSA) is 47.8 Å². The van der Waals surface area contributed by atoms with E-state index in [-0.39, 0.29) is 0 Å². The number of aryl methyl sites for hydroxylation is 1. The highest BCUT2D eigenvalue weighted by molar-refractivity contribution is 6.30. The number of carbonyl (C=O) groups excluding carboxylic acids is 1. The van der Waals surface area contributed by atoms with Crippen molar-refractivity contribution in [1.29, 1.82) is 0 Å². The first kappa shape index (κ1) is 14.7. The molecule has 0 fully saturated rings. The highest BCUT2D eigenvalue weighted by Crippen LogP contribution is 2.24. The van der Waals surface area contributed by atoms with Gasteiger partial charge in [0, 0.05) is 17.1 Å². The average Bonchev–Trinajstić information content (AvgIpc) is 2.86. The summed E-state index contributed by atoms with van der Waals surface area (Å²) in [5.41, 5.74) is 1.99. The fourth-order valence-electron chi connectivity index (χ4n) is 2.18. The lowest BCUT2D eigenvalue weighted by Crippen LogP contribution is -2.03. The Bertz CT molecular complexity index is 580. The molecule has 0 aliphatic rings. The Morgan fingerprint density at radius 1 is 1.30 bits per heavy atom. The monoisotopic (exact) mass is 291 g/mol. The summed E-state index contributed by atoms with van der Waals surface area (Å²) in [5, 5.41) is 8.66. The van der Waals surface area contributed by atoms with E-state index in [1.165, 1.54) is 12.8 Å². The lowest BCUT2D eigenvalue weighted by atomic mass is 10.1. The van der Waals surface area contributed by atoms with E-state index in [1.807, 2.05) is 18.2 Å². The van der Waals surface area contributed by atoms with Gasteiger partial charge in [-0.2, -0.15) is 0 Å². The molecule has 4 nitrogen and oxygen atoms in total. The quantitative estimate of drug-likeness (QED) is 0.572.